The molecule has 0 aromatic heterocycles. The lowest BCUT2D eigenvalue weighted by Gasteiger charge is -2.43. The Morgan fingerprint density at radius 3 is 2.76 bits per heavy atom. The first-order valence-corrected chi connectivity index (χ1v) is 14.2. The van der Waals surface area contributed by atoms with E-state index in [0.717, 1.165) is 37.7 Å². The molecule has 14 heteroatoms. The predicted molar refractivity (Wildman–Crippen MR) is 147 cm³/mol. The molecule has 1 spiro atoms. The molecule has 0 bridgehead atoms. The summed E-state index contributed by atoms with van der Waals surface area (Å²) in [6.07, 6.45) is 3.86. The van der Waals surface area contributed by atoms with Crippen LogP contribution in [0, 0.1) is 0 Å². The van der Waals surface area contributed by atoms with E-state index in [1.54, 1.807) is 12.1 Å². The number of aliphatic imine (C=N–C) groups is 1. The van der Waals surface area contributed by atoms with Crippen LogP contribution in [0.2, 0.25) is 0 Å². The molecular formula is C27H39N8O6+. The highest BCUT2D eigenvalue weighted by molar-refractivity contribution is 5.98. The van der Waals surface area contributed by atoms with Gasteiger partial charge in [0.25, 0.3) is 5.91 Å². The van der Waals surface area contributed by atoms with Gasteiger partial charge in [0.15, 0.2) is 5.96 Å². The van der Waals surface area contributed by atoms with Crippen molar-refractivity contribution in [3.63, 3.8) is 0 Å². The number of nitrogens with two attached hydrogens (primary N) is 2. The van der Waals surface area contributed by atoms with Gasteiger partial charge in [0.1, 0.15) is 30.0 Å². The number of carbonyl (C=O) groups is 2. The molecule has 1 saturated heterocycles. The molecule has 2 fully saturated rings. The Hall–Kier alpha value is -3.78. The summed E-state index contributed by atoms with van der Waals surface area (Å²) in [6, 6.07) is 2.62. The van der Waals surface area contributed by atoms with Gasteiger partial charge in [-0.2, -0.15) is 0 Å². The fourth-order valence-electron chi connectivity index (χ4n) is 6.90. The third kappa shape index (κ3) is 4.31. The lowest BCUT2D eigenvalue weighted by Crippen LogP contribution is -2.79. The minimum atomic E-state index is -2.58. The van der Waals surface area contributed by atoms with Crippen molar-refractivity contribution in [2.24, 2.45) is 16.5 Å². The summed E-state index contributed by atoms with van der Waals surface area (Å²) in [7, 11) is 0. The Kier molecular flexibility index (Phi) is 6.45. The zero-order chi connectivity index (χ0) is 29.2. The minimum Gasteiger partial charge on any atom is -0.492 e. The molecule has 1 saturated carbocycles. The number of alkyl carbamates (subject to hydrolysis) is 1. The third-order valence-electron chi connectivity index (χ3n) is 9.18. The zero-order valence-electron chi connectivity index (χ0n) is 23.3. The van der Waals surface area contributed by atoms with Crippen molar-refractivity contribution in [2.75, 3.05) is 19.7 Å². The van der Waals surface area contributed by atoms with Gasteiger partial charge in [-0.05, 0) is 43.6 Å². The minimum absolute atomic E-state index is 0.0257. The highest BCUT2D eigenvalue weighted by atomic mass is 16.6. The van der Waals surface area contributed by atoms with Gasteiger partial charge in [0.05, 0.1) is 25.3 Å². The van der Waals surface area contributed by atoms with Crippen LogP contribution in [-0.2, 0) is 10.2 Å². The van der Waals surface area contributed by atoms with Crippen LogP contribution in [0.25, 0.3) is 0 Å². The molecule has 4 aliphatic heterocycles. The van der Waals surface area contributed by atoms with Gasteiger partial charge in [-0.25, -0.2) is 14.4 Å². The Morgan fingerprint density at radius 2 is 2.00 bits per heavy atom. The molecule has 14 nitrogen and oxygen atoms in total. The smallest absolute Gasteiger partial charge is 0.407 e. The molecule has 41 heavy (non-hydrogen) atoms. The van der Waals surface area contributed by atoms with E-state index in [0.29, 0.717) is 17.9 Å². The summed E-state index contributed by atoms with van der Waals surface area (Å²) in [5.74, 6) is -2.52. The van der Waals surface area contributed by atoms with Gasteiger partial charge >= 0.3 is 12.1 Å². The lowest BCUT2D eigenvalue weighted by atomic mass is 9.79. The van der Waals surface area contributed by atoms with E-state index in [-0.39, 0.29) is 36.5 Å². The summed E-state index contributed by atoms with van der Waals surface area (Å²) < 4.78 is 12.9. The molecule has 10 N–H and O–H groups in total. The number of benzene rings is 1. The first-order chi connectivity index (χ1) is 19.4. The van der Waals surface area contributed by atoms with Crippen LogP contribution in [0.5, 0.6) is 5.75 Å². The molecule has 5 aliphatic rings. The molecule has 4 heterocycles. The van der Waals surface area contributed by atoms with Crippen molar-refractivity contribution in [1.29, 1.82) is 0 Å². The molecule has 1 unspecified atom stereocenters. The first kappa shape index (κ1) is 27.4. The fraction of sp³-hybridized carbons (Fsp3) is 0.630. The summed E-state index contributed by atoms with van der Waals surface area (Å²) in [6.45, 7) is 4.63. The van der Waals surface area contributed by atoms with E-state index >= 15 is 0 Å². The number of amides is 2. The van der Waals surface area contributed by atoms with Crippen molar-refractivity contribution in [3.8, 4) is 5.75 Å². The number of nitrogens with one attached hydrogen (secondary N) is 4. The topological polar surface area (TPSA) is 209 Å². The average Bonchev–Trinajstić information content (AvgIpc) is 3.60. The highest BCUT2D eigenvalue weighted by Gasteiger charge is 2.75. The van der Waals surface area contributed by atoms with Crippen molar-refractivity contribution < 1.29 is 33.9 Å². The van der Waals surface area contributed by atoms with E-state index in [9.17, 15) is 19.8 Å². The van der Waals surface area contributed by atoms with Crippen LogP contribution in [0.15, 0.2) is 23.2 Å². The molecule has 4 atom stereocenters. The summed E-state index contributed by atoms with van der Waals surface area (Å²) in [5.41, 5.74) is 11.8. The van der Waals surface area contributed by atoms with Crippen molar-refractivity contribution >= 4 is 23.9 Å². The molecule has 6 rings (SSSR count). The number of hydrogen-bond acceptors (Lipinski definition) is 11. The van der Waals surface area contributed by atoms with Crippen LogP contribution in [0.1, 0.15) is 61.9 Å². The Labute approximate surface area is 237 Å². The molecule has 1 aliphatic carbocycles. The van der Waals surface area contributed by atoms with Gasteiger partial charge < -0.3 is 41.4 Å². The van der Waals surface area contributed by atoms with Crippen LogP contribution in [0.3, 0.4) is 0 Å². The van der Waals surface area contributed by atoms with Gasteiger partial charge in [-0.15, -0.1) is 0 Å². The first-order valence-electron chi connectivity index (χ1n) is 14.2. The van der Waals surface area contributed by atoms with Gasteiger partial charge in [0.2, 0.25) is 11.4 Å². The van der Waals surface area contributed by atoms with Gasteiger partial charge in [-0.3, -0.25) is 15.8 Å². The molecular weight excluding hydrogens is 532 g/mol. The Balaban J connectivity index is 1.24. The number of carbonyl (C=O) groups excluding carboxylic acids is 2. The fourth-order valence-corrected chi connectivity index (χ4v) is 6.90. The normalized spacial score (nSPS) is 31.0. The van der Waals surface area contributed by atoms with E-state index < -0.39 is 41.6 Å². The average molecular weight is 572 g/mol. The second kappa shape index (κ2) is 9.65. The van der Waals surface area contributed by atoms with E-state index in [2.05, 4.69) is 40.1 Å². The van der Waals surface area contributed by atoms with Gasteiger partial charge in [-0.1, -0.05) is 26.0 Å². The van der Waals surface area contributed by atoms with E-state index in [1.165, 1.54) is 4.58 Å². The predicted octanol–water partition coefficient (Wildman–Crippen LogP) is -1.51. The Bertz CT molecular complexity index is 1320. The molecule has 1 aromatic carbocycles. The number of nitrogens with zero attached hydrogens (tertiary/aromatic N) is 2. The number of fused-ring (bicyclic) bond motifs is 1. The number of ether oxygens (including phenoxy) is 2. The maximum atomic E-state index is 13.6. The van der Waals surface area contributed by atoms with E-state index in [1.807, 2.05) is 6.07 Å². The van der Waals surface area contributed by atoms with E-state index in [4.69, 9.17) is 20.9 Å². The third-order valence-corrected chi connectivity index (χ3v) is 9.18. The van der Waals surface area contributed by atoms with Crippen molar-refractivity contribution in [2.45, 2.75) is 87.0 Å². The largest absolute Gasteiger partial charge is 0.492 e. The van der Waals surface area contributed by atoms with Crippen LogP contribution >= 0.6 is 0 Å². The summed E-state index contributed by atoms with van der Waals surface area (Å²) in [4.78, 5) is 30.5. The maximum absolute atomic E-state index is 13.6. The number of para-hydroxylation sites is 1. The lowest BCUT2D eigenvalue weighted by molar-refractivity contribution is -0.623. The summed E-state index contributed by atoms with van der Waals surface area (Å²) in [5, 5.41) is 35.0. The standard InChI is InChI=1S/C27H38N8O6/c1-25(2)10-11-40-19-15(8-5-9-16(19)25)21(36)32-18-13-35-23(29)31-17(12-30-24(37)41-14-6-3-4-7-14)20-26(35,27(18,38)39)34-22(28)33-20/h5,8-9,14,17-18,20,38-39H,3-4,6-7,10-13H2,1-2H3,(H7,28,29,30,31,32,33,34,36,37)/p+1/t17-,18?,20-,26-/m0/s1. The Morgan fingerprint density at radius 1 is 1.24 bits per heavy atom. The second-order valence-corrected chi connectivity index (χ2v) is 12.2. The molecule has 2 amide bonds. The molecule has 1 aromatic rings. The van der Waals surface area contributed by atoms with Crippen molar-refractivity contribution in [1.82, 2.24) is 21.3 Å². The van der Waals surface area contributed by atoms with Gasteiger partial charge in [0, 0.05) is 5.56 Å². The van der Waals surface area contributed by atoms with Crippen LogP contribution in [-0.4, -0.2) is 94.1 Å². The highest BCUT2D eigenvalue weighted by Crippen LogP contribution is 2.43. The second-order valence-electron chi connectivity index (χ2n) is 12.2. The number of aliphatic hydroxyl groups is 2. The van der Waals surface area contributed by atoms with Crippen LogP contribution < -0.4 is 37.5 Å². The van der Waals surface area contributed by atoms with Crippen molar-refractivity contribution in [3.05, 3.63) is 29.3 Å². The zero-order valence-corrected chi connectivity index (χ0v) is 23.3. The van der Waals surface area contributed by atoms with Crippen LogP contribution in [0.4, 0.5) is 4.79 Å². The molecule has 222 valence electrons. The SMILES string of the molecule is CC1(C)CCOc2c(C(=O)NC3C[N+]4=C(N)N[C@@H](CNC(=O)OC5CCCC5)[C@@H]5N=C(N)N[C@@]54C3(O)O)cccc21. The molecule has 0 radical (unpaired) electrons. The summed E-state index contributed by atoms with van der Waals surface area (Å²) >= 11 is 0. The quantitative estimate of drug-likeness (QED) is 0.151. The number of hydrogen-bond donors (Lipinski definition) is 8. The maximum Gasteiger partial charge on any atom is 0.407 e. The monoisotopic (exact) mass is 571 g/mol. The number of guanidine groups is 2. The number of rotatable bonds is 5.